The number of likely N-dealkylation sites (N-methyl/N-ethyl adjacent to an activating group) is 1. The predicted octanol–water partition coefficient (Wildman–Crippen LogP) is 2.01. The van der Waals surface area contributed by atoms with Crippen molar-refractivity contribution < 1.29 is 0 Å². The fraction of sp³-hybridized carbons (Fsp3) is 0.833. The van der Waals surface area contributed by atoms with E-state index >= 15 is 0 Å². The third-order valence-electron chi connectivity index (χ3n) is 3.37. The van der Waals surface area contributed by atoms with E-state index in [-0.39, 0.29) is 0 Å². The molecule has 2 nitrogen and oxygen atoms in total. The van der Waals surface area contributed by atoms with Gasteiger partial charge in [0, 0.05) is 12.6 Å². The molecule has 0 aliphatic heterocycles. The van der Waals surface area contributed by atoms with Gasteiger partial charge in [0.2, 0.25) is 0 Å². The molecule has 0 amide bonds. The molecule has 0 aromatic rings. The van der Waals surface area contributed by atoms with E-state index in [1.54, 1.807) is 0 Å². The van der Waals surface area contributed by atoms with Crippen molar-refractivity contribution in [3.63, 3.8) is 0 Å². The monoisotopic (exact) mass is 196 g/mol. The van der Waals surface area contributed by atoms with Gasteiger partial charge in [-0.1, -0.05) is 25.5 Å². The van der Waals surface area contributed by atoms with Crippen molar-refractivity contribution in [1.82, 2.24) is 4.90 Å². The minimum Gasteiger partial charge on any atom is -0.330 e. The Morgan fingerprint density at radius 3 is 2.79 bits per heavy atom. The van der Waals surface area contributed by atoms with E-state index in [0.29, 0.717) is 0 Å². The van der Waals surface area contributed by atoms with Crippen molar-refractivity contribution >= 4 is 0 Å². The average Bonchev–Trinajstić information content (AvgIpc) is 2.67. The Hall–Kier alpha value is -0.340. The molecule has 0 aromatic carbocycles. The summed E-state index contributed by atoms with van der Waals surface area (Å²) in [4.78, 5) is 2.56. The molecule has 0 saturated heterocycles. The first kappa shape index (κ1) is 11.7. The highest BCUT2D eigenvalue weighted by Gasteiger charge is 2.29. The van der Waals surface area contributed by atoms with Crippen LogP contribution in [0, 0.1) is 5.92 Å². The van der Waals surface area contributed by atoms with E-state index in [2.05, 4.69) is 30.9 Å². The number of nitrogens with two attached hydrogens (primary N) is 1. The topological polar surface area (TPSA) is 29.3 Å². The smallest absolute Gasteiger partial charge is 0.0166 e. The van der Waals surface area contributed by atoms with Gasteiger partial charge in [-0.15, -0.1) is 0 Å². The second-order valence-electron chi connectivity index (χ2n) is 4.15. The van der Waals surface area contributed by atoms with Crippen LogP contribution >= 0.6 is 0 Å². The zero-order chi connectivity index (χ0) is 10.4. The first-order chi connectivity index (χ1) is 6.83. The van der Waals surface area contributed by atoms with Crippen LogP contribution in [0.25, 0.3) is 0 Å². The Morgan fingerprint density at radius 2 is 2.21 bits per heavy atom. The lowest BCUT2D eigenvalue weighted by Gasteiger charge is -2.30. The van der Waals surface area contributed by atoms with E-state index in [1.165, 1.54) is 19.3 Å². The van der Waals surface area contributed by atoms with Crippen molar-refractivity contribution in [3.8, 4) is 0 Å². The van der Waals surface area contributed by atoms with E-state index in [9.17, 15) is 0 Å². The molecule has 1 aliphatic carbocycles. The molecule has 82 valence electrons. The summed E-state index contributed by atoms with van der Waals surface area (Å²) in [5.41, 5.74) is 5.80. The Kier molecular flexibility index (Phi) is 5.20. The standard InChI is InChI=1S/C12H24N2/c1-3-5-9-14(4-2)12-8-6-7-11(12)10-13/h3,5,11-12H,4,6-10,13H2,1-2H3. The largest absolute Gasteiger partial charge is 0.330 e. The maximum absolute atomic E-state index is 5.80. The minimum absolute atomic E-state index is 0.736. The lowest BCUT2D eigenvalue weighted by atomic mass is 10.0. The molecule has 0 aromatic heterocycles. The highest BCUT2D eigenvalue weighted by atomic mass is 15.2. The highest BCUT2D eigenvalue weighted by molar-refractivity contribution is 4.90. The SMILES string of the molecule is CC=CCN(CC)C1CCCC1CN. The fourth-order valence-electron chi connectivity index (χ4n) is 2.51. The Bertz CT molecular complexity index is 177. The van der Waals surface area contributed by atoms with Gasteiger partial charge in [-0.05, 0) is 38.8 Å². The summed E-state index contributed by atoms with van der Waals surface area (Å²) >= 11 is 0. The van der Waals surface area contributed by atoms with Crippen molar-refractivity contribution in [1.29, 1.82) is 0 Å². The molecule has 0 spiro atoms. The van der Waals surface area contributed by atoms with E-state index < -0.39 is 0 Å². The van der Waals surface area contributed by atoms with Crippen LogP contribution in [0.15, 0.2) is 12.2 Å². The van der Waals surface area contributed by atoms with Crippen LogP contribution in [0.5, 0.6) is 0 Å². The number of nitrogens with zero attached hydrogens (tertiary/aromatic N) is 1. The molecule has 0 radical (unpaired) electrons. The third kappa shape index (κ3) is 2.82. The second kappa shape index (κ2) is 6.20. The molecular formula is C12H24N2. The third-order valence-corrected chi connectivity index (χ3v) is 3.37. The maximum atomic E-state index is 5.80. The molecule has 14 heavy (non-hydrogen) atoms. The van der Waals surface area contributed by atoms with E-state index in [1.807, 2.05) is 0 Å². The lowest BCUT2D eigenvalue weighted by molar-refractivity contribution is 0.188. The van der Waals surface area contributed by atoms with Crippen LogP contribution in [0.4, 0.5) is 0 Å². The molecule has 1 aliphatic rings. The first-order valence-electron chi connectivity index (χ1n) is 5.88. The van der Waals surface area contributed by atoms with Crippen molar-refractivity contribution in [3.05, 3.63) is 12.2 Å². The zero-order valence-electron chi connectivity index (χ0n) is 9.58. The number of allylic oxidation sites excluding steroid dienone is 1. The van der Waals surface area contributed by atoms with Gasteiger partial charge in [0.25, 0.3) is 0 Å². The molecule has 2 N–H and O–H groups in total. The summed E-state index contributed by atoms with van der Waals surface area (Å²) in [5, 5.41) is 0. The zero-order valence-corrected chi connectivity index (χ0v) is 9.58. The molecule has 2 heteroatoms. The number of rotatable bonds is 5. The number of hydrogen-bond donors (Lipinski definition) is 1. The van der Waals surface area contributed by atoms with Gasteiger partial charge in [-0.2, -0.15) is 0 Å². The Morgan fingerprint density at radius 1 is 1.43 bits per heavy atom. The van der Waals surface area contributed by atoms with Gasteiger partial charge < -0.3 is 5.73 Å². The molecule has 2 atom stereocenters. The van der Waals surface area contributed by atoms with Crippen LogP contribution < -0.4 is 5.73 Å². The molecule has 0 heterocycles. The summed E-state index contributed by atoms with van der Waals surface area (Å²) in [7, 11) is 0. The quantitative estimate of drug-likeness (QED) is 0.682. The summed E-state index contributed by atoms with van der Waals surface area (Å²) in [5.74, 6) is 0.736. The van der Waals surface area contributed by atoms with Crippen LogP contribution in [0.1, 0.15) is 33.1 Å². The summed E-state index contributed by atoms with van der Waals surface area (Å²) in [6, 6.07) is 0.737. The average molecular weight is 196 g/mol. The summed E-state index contributed by atoms with van der Waals surface area (Å²) in [6.07, 6.45) is 8.41. The Balaban J connectivity index is 2.49. The normalized spacial score (nSPS) is 28.0. The van der Waals surface area contributed by atoms with Crippen LogP contribution in [0.3, 0.4) is 0 Å². The molecule has 0 bridgehead atoms. The lowest BCUT2D eigenvalue weighted by Crippen LogP contribution is -2.40. The fourth-order valence-corrected chi connectivity index (χ4v) is 2.51. The highest BCUT2D eigenvalue weighted by Crippen LogP contribution is 2.28. The van der Waals surface area contributed by atoms with Gasteiger partial charge in [0.15, 0.2) is 0 Å². The van der Waals surface area contributed by atoms with Crippen LogP contribution in [-0.4, -0.2) is 30.6 Å². The second-order valence-corrected chi connectivity index (χ2v) is 4.15. The first-order valence-corrected chi connectivity index (χ1v) is 5.88. The summed E-state index contributed by atoms with van der Waals surface area (Å²) < 4.78 is 0. The maximum Gasteiger partial charge on any atom is 0.0166 e. The van der Waals surface area contributed by atoms with Gasteiger partial charge in [-0.25, -0.2) is 0 Å². The van der Waals surface area contributed by atoms with Crippen molar-refractivity contribution in [2.24, 2.45) is 11.7 Å². The van der Waals surface area contributed by atoms with Gasteiger partial charge in [0.05, 0.1) is 0 Å². The molecule has 1 rings (SSSR count). The molecular weight excluding hydrogens is 172 g/mol. The van der Waals surface area contributed by atoms with Gasteiger partial charge >= 0.3 is 0 Å². The van der Waals surface area contributed by atoms with Crippen molar-refractivity contribution in [2.75, 3.05) is 19.6 Å². The van der Waals surface area contributed by atoms with Gasteiger partial charge in [0.1, 0.15) is 0 Å². The molecule has 1 saturated carbocycles. The van der Waals surface area contributed by atoms with Crippen LogP contribution in [-0.2, 0) is 0 Å². The molecule has 1 fully saturated rings. The number of hydrogen-bond acceptors (Lipinski definition) is 2. The predicted molar refractivity (Wildman–Crippen MR) is 62.2 cm³/mol. The van der Waals surface area contributed by atoms with Crippen molar-refractivity contribution in [2.45, 2.75) is 39.2 Å². The van der Waals surface area contributed by atoms with E-state index in [4.69, 9.17) is 5.73 Å². The van der Waals surface area contributed by atoms with Gasteiger partial charge in [-0.3, -0.25) is 4.90 Å². The summed E-state index contributed by atoms with van der Waals surface area (Å²) in [6.45, 7) is 7.43. The minimum atomic E-state index is 0.736. The van der Waals surface area contributed by atoms with Crippen LogP contribution in [0.2, 0.25) is 0 Å². The van der Waals surface area contributed by atoms with E-state index in [0.717, 1.165) is 31.6 Å². The molecule has 2 unspecified atom stereocenters. The Labute approximate surface area is 88.2 Å².